The Balaban J connectivity index is 1.67. The monoisotopic (exact) mass is 399 g/mol. The average Bonchev–Trinajstić information content (AvgIpc) is 2.69. The van der Waals surface area contributed by atoms with Crippen LogP contribution in [0.15, 0.2) is 46.1 Å². The number of hydrogen-bond acceptors (Lipinski definition) is 5. The Hall–Kier alpha value is -2.63. The lowest BCUT2D eigenvalue weighted by Crippen LogP contribution is -2.49. The van der Waals surface area contributed by atoms with Crippen LogP contribution >= 0.6 is 0 Å². The van der Waals surface area contributed by atoms with Crippen LogP contribution < -0.4 is 10.3 Å². The smallest absolute Gasteiger partial charge is 0.250 e. The lowest BCUT2D eigenvalue weighted by atomic mass is 9.84. The third kappa shape index (κ3) is 3.11. The van der Waals surface area contributed by atoms with Crippen molar-refractivity contribution in [2.24, 2.45) is 5.92 Å². The zero-order valence-corrected chi connectivity index (χ0v) is 16.4. The Morgan fingerprint density at radius 3 is 2.79 bits per heavy atom. The van der Waals surface area contributed by atoms with E-state index in [2.05, 4.69) is 0 Å². The molecule has 0 saturated carbocycles. The predicted molar refractivity (Wildman–Crippen MR) is 103 cm³/mol. The van der Waals surface area contributed by atoms with Gasteiger partial charge in [0.1, 0.15) is 11.8 Å². The fourth-order valence-electron chi connectivity index (χ4n) is 4.24. The number of ether oxygens (including phenoxy) is 1. The third-order valence-corrected chi connectivity index (χ3v) is 7.28. The van der Waals surface area contributed by atoms with E-state index in [0.717, 1.165) is 12.1 Å². The summed E-state index contributed by atoms with van der Waals surface area (Å²) in [4.78, 5) is 12.2. The topological polar surface area (TPSA) is 92.4 Å². The van der Waals surface area contributed by atoms with Crippen molar-refractivity contribution in [3.05, 3.63) is 58.0 Å². The number of nitrogens with zero attached hydrogens (tertiary/aromatic N) is 3. The van der Waals surface area contributed by atoms with Gasteiger partial charge in [0.15, 0.2) is 0 Å². The highest BCUT2D eigenvalue weighted by Crippen LogP contribution is 2.37. The number of hydrogen-bond donors (Lipinski definition) is 0. The summed E-state index contributed by atoms with van der Waals surface area (Å²) in [6.45, 7) is 3.44. The molecule has 28 heavy (non-hydrogen) atoms. The Morgan fingerprint density at radius 1 is 1.21 bits per heavy atom. The van der Waals surface area contributed by atoms with Crippen LogP contribution in [0.4, 0.5) is 0 Å². The molecule has 1 fully saturated rings. The van der Waals surface area contributed by atoms with Crippen molar-refractivity contribution in [3.63, 3.8) is 0 Å². The van der Waals surface area contributed by atoms with Gasteiger partial charge in [0, 0.05) is 37.3 Å². The summed E-state index contributed by atoms with van der Waals surface area (Å²) in [6, 6.07) is 11.6. The maximum Gasteiger partial charge on any atom is 0.250 e. The minimum absolute atomic E-state index is 0.00527. The zero-order chi connectivity index (χ0) is 19.9. The molecule has 4 rings (SSSR count). The molecular weight excluding hydrogens is 378 g/mol. The van der Waals surface area contributed by atoms with Gasteiger partial charge in [0.05, 0.1) is 17.1 Å². The van der Waals surface area contributed by atoms with Gasteiger partial charge in [0.2, 0.25) is 10.0 Å². The number of rotatable bonds is 4. The zero-order valence-electron chi connectivity index (χ0n) is 15.5. The molecule has 1 aromatic carbocycles. The van der Waals surface area contributed by atoms with Crippen molar-refractivity contribution in [2.45, 2.75) is 30.7 Å². The van der Waals surface area contributed by atoms with E-state index in [1.165, 1.54) is 22.5 Å². The summed E-state index contributed by atoms with van der Waals surface area (Å²) in [6.07, 6.45) is 0.877. The molecule has 8 heteroatoms. The molecule has 1 saturated heterocycles. The quantitative estimate of drug-likeness (QED) is 0.783. The molecule has 7 nitrogen and oxygen atoms in total. The van der Waals surface area contributed by atoms with Crippen molar-refractivity contribution < 1.29 is 13.2 Å². The molecule has 146 valence electrons. The number of pyridine rings is 1. The van der Waals surface area contributed by atoms with E-state index >= 15 is 0 Å². The van der Waals surface area contributed by atoms with Crippen molar-refractivity contribution in [3.8, 4) is 11.8 Å². The predicted octanol–water partition coefficient (Wildman–Crippen LogP) is 1.93. The van der Waals surface area contributed by atoms with Gasteiger partial charge in [-0.1, -0.05) is 6.07 Å². The second kappa shape index (κ2) is 7.08. The number of benzene rings is 1. The Morgan fingerprint density at radius 2 is 2.04 bits per heavy atom. The molecule has 3 heterocycles. The second-order valence-corrected chi connectivity index (χ2v) is 9.16. The maximum atomic E-state index is 13.2. The number of nitriles is 1. The van der Waals surface area contributed by atoms with E-state index in [0.29, 0.717) is 32.0 Å². The molecule has 0 unspecified atom stereocenters. The highest BCUT2D eigenvalue weighted by atomic mass is 32.2. The summed E-state index contributed by atoms with van der Waals surface area (Å²) in [5.41, 5.74) is 1.07. The molecule has 2 bridgehead atoms. The molecular formula is C20H21N3O4S. The average molecular weight is 399 g/mol. The minimum atomic E-state index is -3.74. The van der Waals surface area contributed by atoms with Crippen LogP contribution in [0, 0.1) is 17.2 Å². The van der Waals surface area contributed by atoms with Gasteiger partial charge in [-0.05, 0) is 43.5 Å². The number of fused-ring (bicyclic) bond motifs is 4. The van der Waals surface area contributed by atoms with E-state index in [9.17, 15) is 18.5 Å². The van der Waals surface area contributed by atoms with E-state index in [1.807, 2.05) is 19.1 Å². The normalized spacial score (nSPS) is 21.6. The summed E-state index contributed by atoms with van der Waals surface area (Å²) in [5.74, 6) is 0.473. The second-order valence-electron chi connectivity index (χ2n) is 7.22. The van der Waals surface area contributed by atoms with Crippen molar-refractivity contribution >= 4 is 10.0 Å². The van der Waals surface area contributed by atoms with E-state index < -0.39 is 10.0 Å². The maximum absolute atomic E-state index is 13.2. The molecule has 0 spiro atoms. The molecule has 0 radical (unpaired) electrons. The van der Waals surface area contributed by atoms with Crippen LogP contribution in [-0.2, 0) is 16.6 Å². The SMILES string of the molecule is CCOc1ccc(S(=O)(=O)N2C[C@H]3C[C@@H](C2)c2cccc(=O)n2C3)cc1C#N. The van der Waals surface area contributed by atoms with Gasteiger partial charge in [-0.15, -0.1) is 0 Å². The molecule has 0 amide bonds. The summed E-state index contributed by atoms with van der Waals surface area (Å²) in [7, 11) is -3.74. The Labute approximate surface area is 163 Å². The minimum Gasteiger partial charge on any atom is -0.492 e. The van der Waals surface area contributed by atoms with Crippen LogP contribution in [0.3, 0.4) is 0 Å². The highest BCUT2D eigenvalue weighted by Gasteiger charge is 2.39. The molecule has 0 N–H and O–H groups in total. The van der Waals surface area contributed by atoms with E-state index in [1.54, 1.807) is 16.7 Å². The first-order valence-electron chi connectivity index (χ1n) is 9.31. The molecule has 2 aliphatic heterocycles. The lowest BCUT2D eigenvalue weighted by Gasteiger charge is -2.42. The fraction of sp³-hybridized carbons (Fsp3) is 0.400. The first kappa shape index (κ1) is 18.7. The van der Waals surface area contributed by atoms with Crippen molar-refractivity contribution in [1.82, 2.24) is 8.87 Å². The standard InChI is InChI=1S/C20H21N3O4S/c1-2-27-19-7-6-17(9-15(19)10-21)28(25,26)22-11-14-8-16(13-22)18-4-3-5-20(24)23(18)12-14/h3-7,9,14,16H,2,8,11-13H2,1H3/t14-,16+/m1/s1. The van der Waals surface area contributed by atoms with Gasteiger partial charge >= 0.3 is 0 Å². The molecule has 2 atom stereocenters. The number of sulfonamides is 1. The van der Waals surface area contributed by atoms with Gasteiger partial charge in [-0.3, -0.25) is 4.79 Å². The first-order chi connectivity index (χ1) is 13.4. The van der Waals surface area contributed by atoms with Crippen LogP contribution in [0.5, 0.6) is 5.75 Å². The fourth-order valence-corrected chi connectivity index (χ4v) is 5.82. The number of piperidine rings is 1. The van der Waals surface area contributed by atoms with Gasteiger partial charge in [-0.25, -0.2) is 8.42 Å². The first-order valence-corrected chi connectivity index (χ1v) is 10.7. The van der Waals surface area contributed by atoms with Crippen LogP contribution in [0.2, 0.25) is 0 Å². The van der Waals surface area contributed by atoms with Crippen molar-refractivity contribution in [1.29, 1.82) is 5.26 Å². The molecule has 2 aliphatic rings. The van der Waals surface area contributed by atoms with Gasteiger partial charge < -0.3 is 9.30 Å². The summed E-state index contributed by atoms with van der Waals surface area (Å²) in [5, 5.41) is 9.34. The van der Waals surface area contributed by atoms with E-state index in [-0.39, 0.29) is 27.9 Å². The Bertz CT molecular complexity index is 1120. The van der Waals surface area contributed by atoms with E-state index in [4.69, 9.17) is 4.74 Å². The largest absolute Gasteiger partial charge is 0.492 e. The lowest BCUT2D eigenvalue weighted by molar-refractivity contribution is 0.186. The summed E-state index contributed by atoms with van der Waals surface area (Å²) >= 11 is 0. The van der Waals surface area contributed by atoms with Crippen LogP contribution in [0.1, 0.15) is 30.5 Å². The van der Waals surface area contributed by atoms with Crippen LogP contribution in [0.25, 0.3) is 0 Å². The third-order valence-electron chi connectivity index (χ3n) is 5.46. The van der Waals surface area contributed by atoms with Gasteiger partial charge in [-0.2, -0.15) is 9.57 Å². The Kier molecular flexibility index (Phi) is 4.73. The van der Waals surface area contributed by atoms with Crippen molar-refractivity contribution in [2.75, 3.05) is 19.7 Å². The van der Waals surface area contributed by atoms with Crippen LogP contribution in [-0.4, -0.2) is 37.0 Å². The van der Waals surface area contributed by atoms with Gasteiger partial charge in [0.25, 0.3) is 5.56 Å². The number of aromatic nitrogens is 1. The summed E-state index contributed by atoms with van der Waals surface area (Å²) < 4.78 is 35.1. The molecule has 1 aromatic heterocycles. The molecule has 2 aromatic rings. The highest BCUT2D eigenvalue weighted by molar-refractivity contribution is 7.89. The molecule has 0 aliphatic carbocycles.